The highest BCUT2D eigenvalue weighted by Crippen LogP contribution is 2.22. The zero-order valence-electron chi connectivity index (χ0n) is 10.2. The number of hydrogen-bond acceptors (Lipinski definition) is 5. The molecule has 96 valence electrons. The molecule has 17 heavy (non-hydrogen) atoms. The Bertz CT molecular complexity index is 336. The third-order valence-corrected chi connectivity index (χ3v) is 3.13. The lowest BCUT2D eigenvalue weighted by Gasteiger charge is -2.34. The maximum absolute atomic E-state index is 8.71. The SMILES string of the molecule is COC1CC(NCc2cn(CCCO)nn2)C1. The summed E-state index contributed by atoms with van der Waals surface area (Å²) in [5.41, 5.74) is 0.948. The minimum absolute atomic E-state index is 0.188. The van der Waals surface area contributed by atoms with Crippen molar-refractivity contribution in [3.63, 3.8) is 0 Å². The summed E-state index contributed by atoms with van der Waals surface area (Å²) < 4.78 is 6.99. The van der Waals surface area contributed by atoms with Gasteiger partial charge in [-0.25, -0.2) is 0 Å². The van der Waals surface area contributed by atoms with Crippen LogP contribution in [0.15, 0.2) is 6.20 Å². The van der Waals surface area contributed by atoms with Crippen molar-refractivity contribution in [3.05, 3.63) is 11.9 Å². The highest BCUT2D eigenvalue weighted by atomic mass is 16.5. The van der Waals surface area contributed by atoms with Crippen molar-refractivity contribution in [2.24, 2.45) is 0 Å². The molecule has 0 amide bonds. The first-order chi connectivity index (χ1) is 8.31. The molecular formula is C11H20N4O2. The molecule has 0 aromatic carbocycles. The van der Waals surface area contributed by atoms with Gasteiger partial charge in [-0.2, -0.15) is 0 Å². The van der Waals surface area contributed by atoms with Crippen LogP contribution in [0.2, 0.25) is 0 Å². The standard InChI is InChI=1S/C11H20N4O2/c1-17-11-5-9(6-11)12-7-10-8-15(14-13-10)3-2-4-16/h8-9,11-12,16H,2-7H2,1H3. The van der Waals surface area contributed by atoms with Gasteiger partial charge in [0.1, 0.15) is 0 Å². The summed E-state index contributed by atoms with van der Waals surface area (Å²) in [6.07, 6.45) is 5.22. The molecule has 0 radical (unpaired) electrons. The van der Waals surface area contributed by atoms with Crippen LogP contribution in [0, 0.1) is 0 Å². The molecule has 1 aliphatic rings. The quantitative estimate of drug-likeness (QED) is 0.698. The molecule has 0 saturated heterocycles. The third-order valence-electron chi connectivity index (χ3n) is 3.13. The first kappa shape index (κ1) is 12.5. The summed E-state index contributed by atoms with van der Waals surface area (Å²) >= 11 is 0. The Morgan fingerprint density at radius 1 is 1.59 bits per heavy atom. The van der Waals surface area contributed by atoms with E-state index >= 15 is 0 Å². The van der Waals surface area contributed by atoms with Crippen LogP contribution in [-0.2, 0) is 17.8 Å². The number of rotatable bonds is 7. The molecule has 1 aliphatic carbocycles. The van der Waals surface area contributed by atoms with Crippen LogP contribution in [0.4, 0.5) is 0 Å². The minimum atomic E-state index is 0.188. The molecule has 6 nitrogen and oxygen atoms in total. The molecule has 6 heteroatoms. The Morgan fingerprint density at radius 2 is 2.41 bits per heavy atom. The number of hydrogen-bond donors (Lipinski definition) is 2. The van der Waals surface area contributed by atoms with Crippen LogP contribution in [0.3, 0.4) is 0 Å². The second kappa shape index (κ2) is 6.09. The first-order valence-corrected chi connectivity index (χ1v) is 6.08. The summed E-state index contributed by atoms with van der Waals surface area (Å²) in [5, 5.41) is 20.2. The van der Waals surface area contributed by atoms with Crippen molar-refractivity contribution in [2.45, 2.75) is 44.5 Å². The van der Waals surface area contributed by atoms with E-state index in [1.54, 1.807) is 11.8 Å². The van der Waals surface area contributed by atoms with E-state index in [1.807, 2.05) is 6.20 Å². The zero-order valence-corrected chi connectivity index (χ0v) is 10.2. The van der Waals surface area contributed by atoms with Crippen molar-refractivity contribution in [1.29, 1.82) is 0 Å². The van der Waals surface area contributed by atoms with Gasteiger partial charge in [0.2, 0.25) is 0 Å². The van der Waals surface area contributed by atoms with Gasteiger partial charge >= 0.3 is 0 Å². The van der Waals surface area contributed by atoms with Crippen molar-refractivity contribution < 1.29 is 9.84 Å². The maximum Gasteiger partial charge on any atom is 0.0964 e. The highest BCUT2D eigenvalue weighted by molar-refractivity contribution is 4.94. The summed E-state index contributed by atoms with van der Waals surface area (Å²) in [7, 11) is 1.76. The van der Waals surface area contributed by atoms with Crippen LogP contribution in [0.1, 0.15) is 25.0 Å². The minimum Gasteiger partial charge on any atom is -0.396 e. The molecule has 1 aromatic heterocycles. The van der Waals surface area contributed by atoms with Gasteiger partial charge in [0.15, 0.2) is 0 Å². The van der Waals surface area contributed by atoms with Gasteiger partial charge in [0, 0.05) is 39.0 Å². The molecule has 2 rings (SSSR count). The summed E-state index contributed by atoms with van der Waals surface area (Å²) in [6, 6.07) is 0.544. The predicted molar refractivity (Wildman–Crippen MR) is 62.4 cm³/mol. The van der Waals surface area contributed by atoms with Crippen LogP contribution in [0.5, 0.6) is 0 Å². The lowest BCUT2D eigenvalue weighted by atomic mass is 9.89. The summed E-state index contributed by atoms with van der Waals surface area (Å²) in [6.45, 7) is 1.66. The molecule has 2 N–H and O–H groups in total. The normalized spacial score (nSPS) is 23.6. The second-order valence-corrected chi connectivity index (χ2v) is 4.46. The van der Waals surface area contributed by atoms with E-state index < -0.39 is 0 Å². The van der Waals surface area contributed by atoms with Crippen molar-refractivity contribution in [3.8, 4) is 0 Å². The van der Waals surface area contributed by atoms with Gasteiger partial charge in [-0.15, -0.1) is 5.10 Å². The number of methoxy groups -OCH3 is 1. The average Bonchev–Trinajstić information content (AvgIpc) is 2.72. The fourth-order valence-corrected chi connectivity index (χ4v) is 1.94. The number of nitrogens with one attached hydrogen (secondary N) is 1. The van der Waals surface area contributed by atoms with Gasteiger partial charge in [0.25, 0.3) is 0 Å². The number of aliphatic hydroxyl groups excluding tert-OH is 1. The van der Waals surface area contributed by atoms with Gasteiger partial charge in [0.05, 0.1) is 11.8 Å². The van der Waals surface area contributed by atoms with Gasteiger partial charge in [-0.3, -0.25) is 4.68 Å². The predicted octanol–water partition coefficient (Wildman–Crippen LogP) is -0.0725. The first-order valence-electron chi connectivity index (χ1n) is 6.08. The number of nitrogens with zero attached hydrogens (tertiary/aromatic N) is 3. The monoisotopic (exact) mass is 240 g/mol. The summed E-state index contributed by atoms with van der Waals surface area (Å²) in [4.78, 5) is 0. The van der Waals surface area contributed by atoms with Gasteiger partial charge in [-0.1, -0.05) is 5.21 Å². The largest absolute Gasteiger partial charge is 0.396 e. The molecule has 1 heterocycles. The van der Waals surface area contributed by atoms with Gasteiger partial charge < -0.3 is 15.2 Å². The van der Waals surface area contributed by atoms with Crippen molar-refractivity contribution in [2.75, 3.05) is 13.7 Å². The maximum atomic E-state index is 8.71. The van der Waals surface area contributed by atoms with Crippen LogP contribution in [-0.4, -0.2) is 46.0 Å². The zero-order chi connectivity index (χ0) is 12.1. The third kappa shape index (κ3) is 3.49. The van der Waals surface area contributed by atoms with Gasteiger partial charge in [-0.05, 0) is 19.3 Å². The highest BCUT2D eigenvalue weighted by Gasteiger charge is 2.28. The Kier molecular flexibility index (Phi) is 4.47. The van der Waals surface area contributed by atoms with Crippen LogP contribution >= 0.6 is 0 Å². The molecule has 0 spiro atoms. The van der Waals surface area contributed by atoms with Crippen molar-refractivity contribution in [1.82, 2.24) is 20.3 Å². The average molecular weight is 240 g/mol. The smallest absolute Gasteiger partial charge is 0.0964 e. The van der Waals surface area contributed by atoms with E-state index in [9.17, 15) is 0 Å². The number of aryl methyl sites for hydroxylation is 1. The lowest BCUT2D eigenvalue weighted by Crippen LogP contribution is -2.44. The van der Waals surface area contributed by atoms with Crippen LogP contribution < -0.4 is 5.32 Å². The molecule has 1 fully saturated rings. The topological polar surface area (TPSA) is 72.2 Å². The number of ether oxygens (including phenoxy) is 1. The molecular weight excluding hydrogens is 220 g/mol. The van der Waals surface area contributed by atoms with E-state index in [0.29, 0.717) is 18.6 Å². The number of aliphatic hydroxyl groups is 1. The van der Waals surface area contributed by atoms with E-state index in [1.165, 1.54) is 0 Å². The Hall–Kier alpha value is -0.980. The molecule has 1 saturated carbocycles. The molecule has 0 bridgehead atoms. The number of aromatic nitrogens is 3. The fraction of sp³-hybridized carbons (Fsp3) is 0.818. The Labute approximate surface area is 101 Å². The fourth-order valence-electron chi connectivity index (χ4n) is 1.94. The molecule has 0 aliphatic heterocycles. The van der Waals surface area contributed by atoms with E-state index in [0.717, 1.165) is 31.6 Å². The van der Waals surface area contributed by atoms with E-state index in [-0.39, 0.29) is 6.61 Å². The summed E-state index contributed by atoms with van der Waals surface area (Å²) in [5.74, 6) is 0. The molecule has 1 aromatic rings. The molecule has 0 atom stereocenters. The van der Waals surface area contributed by atoms with Crippen LogP contribution in [0.25, 0.3) is 0 Å². The second-order valence-electron chi connectivity index (χ2n) is 4.46. The Morgan fingerprint density at radius 3 is 3.12 bits per heavy atom. The lowest BCUT2D eigenvalue weighted by molar-refractivity contribution is 0.0169. The van der Waals surface area contributed by atoms with E-state index in [4.69, 9.17) is 9.84 Å². The Balaban J connectivity index is 1.67. The van der Waals surface area contributed by atoms with Crippen molar-refractivity contribution >= 4 is 0 Å². The van der Waals surface area contributed by atoms with E-state index in [2.05, 4.69) is 15.6 Å². The molecule has 0 unspecified atom stereocenters.